The number of phenols is 2. The van der Waals surface area contributed by atoms with Gasteiger partial charge in [-0.15, -0.1) is 0 Å². The first kappa shape index (κ1) is 12.1. The Morgan fingerprint density at radius 1 is 0.778 bits per heavy atom. The Hall–Kier alpha value is -2.36. The summed E-state index contributed by atoms with van der Waals surface area (Å²) in [4.78, 5) is 0. The third kappa shape index (κ3) is 2.48. The summed E-state index contributed by atoms with van der Waals surface area (Å²) in [5, 5.41) is 26.9. The SMILES string of the molecule is Cc1c(O)ccc(/N=N/c2ccc(O)cc2)c1C. The van der Waals surface area contributed by atoms with E-state index in [1.807, 2.05) is 13.8 Å². The number of aromatic hydroxyl groups is 2. The zero-order chi connectivity index (χ0) is 13.1. The van der Waals surface area contributed by atoms with E-state index in [-0.39, 0.29) is 11.5 Å². The number of hydrogen-bond acceptors (Lipinski definition) is 4. The van der Waals surface area contributed by atoms with Crippen LogP contribution in [-0.2, 0) is 0 Å². The molecule has 0 heterocycles. The Morgan fingerprint density at radius 2 is 1.44 bits per heavy atom. The van der Waals surface area contributed by atoms with E-state index >= 15 is 0 Å². The summed E-state index contributed by atoms with van der Waals surface area (Å²) in [6.45, 7) is 3.73. The van der Waals surface area contributed by atoms with Crippen LogP contribution in [0.5, 0.6) is 11.5 Å². The van der Waals surface area contributed by atoms with Gasteiger partial charge in [-0.3, -0.25) is 0 Å². The number of rotatable bonds is 2. The molecule has 0 aliphatic carbocycles. The molecule has 92 valence electrons. The summed E-state index contributed by atoms with van der Waals surface area (Å²) < 4.78 is 0. The average Bonchev–Trinajstić information content (AvgIpc) is 2.37. The molecule has 0 saturated carbocycles. The summed E-state index contributed by atoms with van der Waals surface area (Å²) in [5.74, 6) is 0.460. The Morgan fingerprint density at radius 3 is 2.11 bits per heavy atom. The third-order valence-corrected chi connectivity index (χ3v) is 2.85. The molecule has 18 heavy (non-hydrogen) atoms. The van der Waals surface area contributed by atoms with Crippen molar-refractivity contribution in [3.8, 4) is 11.5 Å². The Bertz CT molecular complexity index is 589. The van der Waals surface area contributed by atoms with Crippen molar-refractivity contribution in [3.63, 3.8) is 0 Å². The van der Waals surface area contributed by atoms with E-state index in [4.69, 9.17) is 5.11 Å². The Balaban J connectivity index is 2.29. The first-order valence-electron chi connectivity index (χ1n) is 5.58. The molecule has 2 aromatic rings. The molecule has 0 atom stereocenters. The normalized spacial score (nSPS) is 11.0. The molecule has 0 saturated heterocycles. The van der Waals surface area contributed by atoms with Crippen LogP contribution in [0, 0.1) is 13.8 Å². The zero-order valence-electron chi connectivity index (χ0n) is 10.3. The quantitative estimate of drug-likeness (QED) is 0.777. The van der Waals surface area contributed by atoms with E-state index in [2.05, 4.69) is 10.2 Å². The summed E-state index contributed by atoms with van der Waals surface area (Å²) in [7, 11) is 0. The van der Waals surface area contributed by atoms with Crippen molar-refractivity contribution in [2.24, 2.45) is 10.2 Å². The molecule has 0 aromatic heterocycles. The lowest BCUT2D eigenvalue weighted by molar-refractivity contribution is 0.470. The Labute approximate surface area is 105 Å². The highest BCUT2D eigenvalue weighted by molar-refractivity contribution is 5.54. The lowest BCUT2D eigenvalue weighted by Crippen LogP contribution is -1.81. The van der Waals surface area contributed by atoms with Crippen molar-refractivity contribution < 1.29 is 10.2 Å². The maximum atomic E-state index is 9.54. The van der Waals surface area contributed by atoms with E-state index in [9.17, 15) is 5.11 Å². The molecule has 2 rings (SSSR count). The van der Waals surface area contributed by atoms with Crippen LogP contribution in [0.2, 0.25) is 0 Å². The van der Waals surface area contributed by atoms with Gasteiger partial charge in [0.05, 0.1) is 11.4 Å². The zero-order valence-corrected chi connectivity index (χ0v) is 10.3. The van der Waals surface area contributed by atoms with Crippen LogP contribution >= 0.6 is 0 Å². The van der Waals surface area contributed by atoms with E-state index in [1.165, 1.54) is 0 Å². The minimum atomic E-state index is 0.200. The largest absolute Gasteiger partial charge is 0.508 e. The van der Waals surface area contributed by atoms with Crippen LogP contribution in [-0.4, -0.2) is 10.2 Å². The van der Waals surface area contributed by atoms with E-state index in [1.54, 1.807) is 36.4 Å². The molecule has 0 bridgehead atoms. The Kier molecular flexibility index (Phi) is 3.28. The number of hydrogen-bond donors (Lipinski definition) is 2. The molecule has 0 amide bonds. The van der Waals surface area contributed by atoms with Gasteiger partial charge >= 0.3 is 0 Å². The average molecular weight is 242 g/mol. The molecule has 0 aliphatic heterocycles. The molecule has 0 radical (unpaired) electrons. The molecule has 0 spiro atoms. The molecule has 2 aromatic carbocycles. The van der Waals surface area contributed by atoms with Crippen molar-refractivity contribution in [2.75, 3.05) is 0 Å². The summed E-state index contributed by atoms with van der Waals surface area (Å²) >= 11 is 0. The highest BCUT2D eigenvalue weighted by Crippen LogP contribution is 2.29. The molecule has 0 aliphatic rings. The number of nitrogens with zero attached hydrogens (tertiary/aromatic N) is 2. The maximum absolute atomic E-state index is 9.54. The highest BCUT2D eigenvalue weighted by atomic mass is 16.3. The fourth-order valence-corrected chi connectivity index (χ4v) is 1.53. The second-order valence-corrected chi connectivity index (χ2v) is 4.07. The summed E-state index contributed by atoms with van der Waals surface area (Å²) in [5.41, 5.74) is 3.09. The van der Waals surface area contributed by atoms with Crippen LogP contribution in [0.4, 0.5) is 11.4 Å². The van der Waals surface area contributed by atoms with Gasteiger partial charge in [0.15, 0.2) is 0 Å². The van der Waals surface area contributed by atoms with Crippen molar-refractivity contribution in [1.82, 2.24) is 0 Å². The van der Waals surface area contributed by atoms with Crippen molar-refractivity contribution in [3.05, 3.63) is 47.5 Å². The molecule has 2 N–H and O–H groups in total. The predicted molar refractivity (Wildman–Crippen MR) is 69.9 cm³/mol. The first-order valence-corrected chi connectivity index (χ1v) is 5.58. The fourth-order valence-electron chi connectivity index (χ4n) is 1.53. The molecular formula is C14H14N2O2. The van der Waals surface area contributed by atoms with Crippen LogP contribution < -0.4 is 0 Å². The van der Waals surface area contributed by atoms with Gasteiger partial charge in [0.2, 0.25) is 0 Å². The van der Waals surface area contributed by atoms with Gasteiger partial charge in [-0.1, -0.05) is 0 Å². The first-order chi connectivity index (χ1) is 8.58. The molecular weight excluding hydrogens is 228 g/mol. The number of phenolic OH excluding ortho intramolecular Hbond substituents is 2. The monoisotopic (exact) mass is 242 g/mol. The minimum absolute atomic E-state index is 0.200. The highest BCUT2D eigenvalue weighted by Gasteiger charge is 2.04. The topological polar surface area (TPSA) is 65.2 Å². The third-order valence-electron chi connectivity index (χ3n) is 2.85. The smallest absolute Gasteiger partial charge is 0.118 e. The maximum Gasteiger partial charge on any atom is 0.118 e. The van der Waals surface area contributed by atoms with Crippen LogP contribution in [0.3, 0.4) is 0 Å². The molecule has 4 nitrogen and oxygen atoms in total. The van der Waals surface area contributed by atoms with Crippen molar-refractivity contribution in [2.45, 2.75) is 13.8 Å². The minimum Gasteiger partial charge on any atom is -0.508 e. The standard InChI is InChI=1S/C14H14N2O2/c1-9-10(2)14(18)8-7-13(9)16-15-11-3-5-12(17)6-4-11/h3-8,17-18H,1-2H3/b16-15+. The van der Waals surface area contributed by atoms with Gasteiger partial charge in [-0.25, -0.2) is 0 Å². The molecule has 4 heteroatoms. The van der Waals surface area contributed by atoms with E-state index < -0.39 is 0 Å². The van der Waals surface area contributed by atoms with Crippen molar-refractivity contribution in [1.29, 1.82) is 0 Å². The van der Waals surface area contributed by atoms with Gasteiger partial charge < -0.3 is 10.2 Å². The second-order valence-electron chi connectivity index (χ2n) is 4.07. The van der Waals surface area contributed by atoms with Crippen molar-refractivity contribution >= 4 is 11.4 Å². The van der Waals surface area contributed by atoms with Crippen LogP contribution in [0.25, 0.3) is 0 Å². The van der Waals surface area contributed by atoms with E-state index in [0.717, 1.165) is 16.8 Å². The fraction of sp³-hybridized carbons (Fsp3) is 0.143. The summed E-state index contributed by atoms with van der Waals surface area (Å²) in [6, 6.07) is 9.81. The second kappa shape index (κ2) is 4.87. The lowest BCUT2D eigenvalue weighted by Gasteiger charge is -2.05. The lowest BCUT2D eigenvalue weighted by atomic mass is 10.1. The summed E-state index contributed by atoms with van der Waals surface area (Å²) in [6.07, 6.45) is 0. The van der Waals surface area contributed by atoms with E-state index in [0.29, 0.717) is 5.69 Å². The molecule has 0 unspecified atom stereocenters. The number of benzene rings is 2. The molecule has 0 fully saturated rings. The van der Waals surface area contributed by atoms with Gasteiger partial charge in [-0.2, -0.15) is 10.2 Å². The van der Waals surface area contributed by atoms with Gasteiger partial charge in [0.25, 0.3) is 0 Å². The predicted octanol–water partition coefficient (Wildman–Crippen LogP) is 4.13. The van der Waals surface area contributed by atoms with Crippen LogP contribution in [0.1, 0.15) is 11.1 Å². The van der Waals surface area contributed by atoms with Gasteiger partial charge in [0, 0.05) is 0 Å². The van der Waals surface area contributed by atoms with Crippen LogP contribution in [0.15, 0.2) is 46.6 Å². The van der Waals surface area contributed by atoms with Gasteiger partial charge in [0.1, 0.15) is 11.5 Å². The number of azo groups is 1. The van der Waals surface area contributed by atoms with Gasteiger partial charge in [-0.05, 0) is 61.4 Å².